The second-order valence-corrected chi connectivity index (χ2v) is 4.93. The molecule has 94 valence electrons. The number of nitrogens with two attached hydrogens (primary N) is 1. The van der Waals surface area contributed by atoms with Crippen LogP contribution in [0.3, 0.4) is 0 Å². The van der Waals surface area contributed by atoms with Gasteiger partial charge in [-0.1, -0.05) is 0 Å². The van der Waals surface area contributed by atoms with Crippen molar-refractivity contribution < 1.29 is 0 Å². The maximum atomic E-state index is 5.67. The molecule has 2 N–H and O–H groups in total. The molecule has 0 aromatic carbocycles. The summed E-state index contributed by atoms with van der Waals surface area (Å²) in [5.41, 5.74) is 9.72. The molecule has 2 heterocycles. The van der Waals surface area contributed by atoms with Gasteiger partial charge in [-0.2, -0.15) is 5.10 Å². The zero-order valence-corrected chi connectivity index (χ0v) is 11.5. The van der Waals surface area contributed by atoms with E-state index in [1.165, 1.54) is 11.8 Å². The number of hydrogen-bond donors (Lipinski definition) is 1. The van der Waals surface area contributed by atoms with Crippen molar-refractivity contribution in [2.45, 2.75) is 37.5 Å². The van der Waals surface area contributed by atoms with E-state index < -0.39 is 0 Å². The highest BCUT2D eigenvalue weighted by molar-refractivity contribution is 7.99. The van der Waals surface area contributed by atoms with E-state index in [1.54, 1.807) is 6.20 Å². The highest BCUT2D eigenvalue weighted by Gasteiger charge is 2.10. The van der Waals surface area contributed by atoms with Gasteiger partial charge in [0.15, 0.2) is 5.16 Å². The largest absolute Gasteiger partial charge is 0.326 e. The standard InChI is InChI=1S/C12H15N5S/c1-7-8(2)15-12(16-9(7)3)18-11-10(6-13)4-5-14-17-11/h4-5H,6,13H2,1-3H3. The molecule has 0 saturated heterocycles. The Labute approximate surface area is 110 Å². The molecule has 18 heavy (non-hydrogen) atoms. The summed E-state index contributed by atoms with van der Waals surface area (Å²) >= 11 is 1.40. The molecule has 0 aliphatic rings. The molecule has 2 aromatic rings. The van der Waals surface area contributed by atoms with Gasteiger partial charge in [-0.25, -0.2) is 9.97 Å². The molecule has 2 rings (SSSR count). The topological polar surface area (TPSA) is 77.6 Å². The Bertz CT molecular complexity index is 547. The van der Waals surface area contributed by atoms with Crippen LogP contribution in [-0.4, -0.2) is 20.2 Å². The monoisotopic (exact) mass is 261 g/mol. The first kappa shape index (κ1) is 12.9. The van der Waals surface area contributed by atoms with Crippen molar-refractivity contribution in [1.29, 1.82) is 0 Å². The third-order valence-corrected chi connectivity index (χ3v) is 3.69. The predicted molar refractivity (Wildman–Crippen MR) is 70.3 cm³/mol. The normalized spacial score (nSPS) is 10.7. The maximum Gasteiger partial charge on any atom is 0.194 e. The van der Waals surface area contributed by atoms with E-state index in [1.807, 2.05) is 26.8 Å². The molecular formula is C12H15N5S. The lowest BCUT2D eigenvalue weighted by Gasteiger charge is -2.07. The summed E-state index contributed by atoms with van der Waals surface area (Å²) in [4.78, 5) is 8.90. The Kier molecular flexibility index (Phi) is 3.88. The molecule has 0 aliphatic carbocycles. The van der Waals surface area contributed by atoms with Gasteiger partial charge in [0.05, 0.1) is 0 Å². The fourth-order valence-electron chi connectivity index (χ4n) is 1.46. The van der Waals surface area contributed by atoms with Gasteiger partial charge < -0.3 is 5.73 Å². The van der Waals surface area contributed by atoms with Crippen molar-refractivity contribution in [3.63, 3.8) is 0 Å². The molecular weight excluding hydrogens is 246 g/mol. The van der Waals surface area contributed by atoms with E-state index in [-0.39, 0.29) is 0 Å². The van der Waals surface area contributed by atoms with Crippen LogP contribution in [0.5, 0.6) is 0 Å². The second-order valence-electron chi connectivity index (χ2n) is 3.97. The van der Waals surface area contributed by atoms with Crippen LogP contribution in [0, 0.1) is 20.8 Å². The third-order valence-electron chi connectivity index (χ3n) is 2.79. The van der Waals surface area contributed by atoms with Gasteiger partial charge in [0.25, 0.3) is 0 Å². The van der Waals surface area contributed by atoms with Crippen LogP contribution in [0.25, 0.3) is 0 Å². The van der Waals surface area contributed by atoms with Gasteiger partial charge in [-0.15, -0.1) is 5.10 Å². The molecule has 0 unspecified atom stereocenters. The molecule has 0 radical (unpaired) electrons. The Morgan fingerprint density at radius 2 is 1.83 bits per heavy atom. The molecule has 0 fully saturated rings. The molecule has 0 bridgehead atoms. The van der Waals surface area contributed by atoms with Gasteiger partial charge in [-0.3, -0.25) is 0 Å². The lowest BCUT2D eigenvalue weighted by atomic mass is 10.2. The highest BCUT2D eigenvalue weighted by atomic mass is 32.2. The van der Waals surface area contributed by atoms with Crippen molar-refractivity contribution >= 4 is 11.8 Å². The average Bonchev–Trinajstić information content (AvgIpc) is 2.36. The summed E-state index contributed by atoms with van der Waals surface area (Å²) in [5.74, 6) is 0. The van der Waals surface area contributed by atoms with E-state index >= 15 is 0 Å². The summed E-state index contributed by atoms with van der Waals surface area (Å²) < 4.78 is 0. The fourth-order valence-corrected chi connectivity index (χ4v) is 2.37. The third kappa shape index (κ3) is 2.65. The van der Waals surface area contributed by atoms with Crippen LogP contribution in [0.4, 0.5) is 0 Å². The van der Waals surface area contributed by atoms with E-state index in [4.69, 9.17) is 5.73 Å². The number of hydrogen-bond acceptors (Lipinski definition) is 6. The van der Waals surface area contributed by atoms with Crippen molar-refractivity contribution in [2.75, 3.05) is 0 Å². The molecule has 0 amide bonds. The average molecular weight is 261 g/mol. The van der Waals surface area contributed by atoms with E-state index in [9.17, 15) is 0 Å². The van der Waals surface area contributed by atoms with Crippen LogP contribution in [0.2, 0.25) is 0 Å². The van der Waals surface area contributed by atoms with E-state index in [0.717, 1.165) is 27.5 Å². The van der Waals surface area contributed by atoms with Gasteiger partial charge in [-0.05, 0) is 44.2 Å². The SMILES string of the molecule is Cc1nc(Sc2nnccc2CN)nc(C)c1C. The zero-order chi connectivity index (χ0) is 13.1. The van der Waals surface area contributed by atoms with Crippen molar-refractivity contribution in [1.82, 2.24) is 20.2 Å². The Morgan fingerprint density at radius 3 is 2.44 bits per heavy atom. The smallest absolute Gasteiger partial charge is 0.194 e. The van der Waals surface area contributed by atoms with Gasteiger partial charge in [0, 0.05) is 29.7 Å². The van der Waals surface area contributed by atoms with Gasteiger partial charge in [0.1, 0.15) is 5.03 Å². The minimum atomic E-state index is 0.432. The zero-order valence-electron chi connectivity index (χ0n) is 10.6. The first-order valence-corrected chi connectivity index (χ1v) is 6.43. The van der Waals surface area contributed by atoms with Crippen LogP contribution < -0.4 is 5.73 Å². The van der Waals surface area contributed by atoms with Gasteiger partial charge in [0.2, 0.25) is 0 Å². The minimum Gasteiger partial charge on any atom is -0.326 e. The maximum absolute atomic E-state index is 5.67. The Balaban J connectivity index is 2.34. The number of aryl methyl sites for hydroxylation is 2. The van der Waals surface area contributed by atoms with Crippen molar-refractivity contribution in [2.24, 2.45) is 5.73 Å². The quantitative estimate of drug-likeness (QED) is 0.849. The molecule has 5 nitrogen and oxygen atoms in total. The van der Waals surface area contributed by atoms with E-state index in [0.29, 0.717) is 11.7 Å². The Morgan fingerprint density at radius 1 is 1.17 bits per heavy atom. The predicted octanol–water partition coefficient (Wildman–Crippen LogP) is 1.80. The van der Waals surface area contributed by atoms with Crippen molar-refractivity contribution in [3.05, 3.63) is 34.8 Å². The number of aromatic nitrogens is 4. The first-order chi connectivity index (χ1) is 8.61. The molecule has 2 aromatic heterocycles. The summed E-state index contributed by atoms with van der Waals surface area (Å²) in [7, 11) is 0. The van der Waals surface area contributed by atoms with Crippen LogP contribution in [-0.2, 0) is 6.54 Å². The lowest BCUT2D eigenvalue weighted by Crippen LogP contribution is -2.03. The molecule has 0 spiro atoms. The van der Waals surface area contributed by atoms with E-state index in [2.05, 4.69) is 20.2 Å². The van der Waals surface area contributed by atoms with Crippen LogP contribution in [0.1, 0.15) is 22.5 Å². The van der Waals surface area contributed by atoms with Crippen LogP contribution in [0.15, 0.2) is 22.4 Å². The highest BCUT2D eigenvalue weighted by Crippen LogP contribution is 2.26. The number of nitrogens with zero attached hydrogens (tertiary/aromatic N) is 4. The number of rotatable bonds is 3. The first-order valence-electron chi connectivity index (χ1n) is 5.62. The molecule has 6 heteroatoms. The Hall–Kier alpha value is -1.53. The lowest BCUT2D eigenvalue weighted by molar-refractivity contribution is 0.846. The summed E-state index contributed by atoms with van der Waals surface area (Å²) in [5, 5.41) is 9.40. The summed E-state index contributed by atoms with van der Waals surface area (Å²) in [6.07, 6.45) is 1.64. The summed E-state index contributed by atoms with van der Waals surface area (Å²) in [6, 6.07) is 1.86. The van der Waals surface area contributed by atoms with Crippen molar-refractivity contribution in [3.8, 4) is 0 Å². The molecule has 0 aliphatic heterocycles. The fraction of sp³-hybridized carbons (Fsp3) is 0.333. The van der Waals surface area contributed by atoms with Gasteiger partial charge >= 0.3 is 0 Å². The minimum absolute atomic E-state index is 0.432. The summed E-state index contributed by atoms with van der Waals surface area (Å²) in [6.45, 7) is 6.41. The second kappa shape index (κ2) is 5.41. The molecule has 0 atom stereocenters. The molecule has 0 saturated carbocycles. The van der Waals surface area contributed by atoms with Crippen LogP contribution >= 0.6 is 11.8 Å².